The fraction of sp³-hybridized carbons (Fsp3) is 0.364. The van der Waals surface area contributed by atoms with E-state index >= 15 is 0 Å². The average Bonchev–Trinajstić information content (AvgIpc) is 3.40. The highest BCUT2D eigenvalue weighted by Crippen LogP contribution is 2.23. The Labute approximate surface area is 180 Å². The molecule has 156 valence electrons. The molecule has 1 saturated heterocycles. The first kappa shape index (κ1) is 20.6. The lowest BCUT2D eigenvalue weighted by Gasteiger charge is -2.12. The average molecular weight is 424 g/mol. The molecule has 1 aliphatic heterocycles. The van der Waals surface area contributed by atoms with Crippen LogP contribution in [0.1, 0.15) is 29.5 Å². The fourth-order valence-corrected chi connectivity index (χ4v) is 4.60. The molecule has 0 radical (unpaired) electrons. The van der Waals surface area contributed by atoms with E-state index in [1.54, 1.807) is 9.58 Å². The van der Waals surface area contributed by atoms with E-state index < -0.39 is 0 Å². The van der Waals surface area contributed by atoms with Gasteiger partial charge in [-0.15, -0.1) is 5.10 Å². The minimum atomic E-state index is -0.0750. The van der Waals surface area contributed by atoms with E-state index in [0.717, 1.165) is 29.0 Å². The summed E-state index contributed by atoms with van der Waals surface area (Å²) in [7, 11) is 0. The fourth-order valence-electron chi connectivity index (χ4n) is 3.92. The molecule has 4 rings (SSSR count). The van der Waals surface area contributed by atoms with Gasteiger partial charge in [0.2, 0.25) is 11.1 Å². The predicted molar refractivity (Wildman–Crippen MR) is 118 cm³/mol. The van der Waals surface area contributed by atoms with E-state index in [9.17, 15) is 4.79 Å². The molecule has 2 aromatic carbocycles. The van der Waals surface area contributed by atoms with Crippen LogP contribution in [0.15, 0.2) is 47.6 Å². The summed E-state index contributed by atoms with van der Waals surface area (Å²) in [5.41, 5.74) is 5.26. The van der Waals surface area contributed by atoms with Gasteiger partial charge in [-0.05, 0) is 47.5 Å². The molecule has 0 bridgehead atoms. The normalized spacial score (nSPS) is 14.2. The van der Waals surface area contributed by atoms with Crippen molar-refractivity contribution in [1.82, 2.24) is 20.2 Å². The van der Waals surface area contributed by atoms with Crippen LogP contribution in [0.4, 0.5) is 5.69 Å². The Hall–Kier alpha value is -2.71. The third-order valence-electron chi connectivity index (χ3n) is 5.43. The number of para-hydroxylation sites is 1. The topological polar surface area (TPSA) is 77.1 Å². The number of carbonyl (C=O) groups is 1. The Balaban J connectivity index is 1.34. The van der Waals surface area contributed by atoms with Crippen LogP contribution in [0.25, 0.3) is 5.69 Å². The maximum Gasteiger partial charge on any atom is 0.234 e. The van der Waals surface area contributed by atoms with E-state index in [4.69, 9.17) is 0 Å². The molecule has 0 spiro atoms. The highest BCUT2D eigenvalue weighted by atomic mass is 32.2. The van der Waals surface area contributed by atoms with Gasteiger partial charge in [0.15, 0.2) is 0 Å². The van der Waals surface area contributed by atoms with Crippen LogP contribution >= 0.6 is 11.8 Å². The predicted octanol–water partition coefficient (Wildman–Crippen LogP) is 2.19. The lowest BCUT2D eigenvalue weighted by atomic mass is 10.1. The standard InChI is InChI=1S/C22H26N6OS/c1-16-6-5-7-17(2)21(16)28-22(24-25-26-28)30-15-20(29)23-19-10-8-18(9-11-19)14-27-12-3-4-13-27/h5-11H,3-4,12-15H2,1-2H3,(H,23,29)/p+1. The van der Waals surface area contributed by atoms with Crippen molar-refractivity contribution in [3.05, 3.63) is 59.2 Å². The summed E-state index contributed by atoms with van der Waals surface area (Å²) in [4.78, 5) is 14.1. The van der Waals surface area contributed by atoms with Crippen LogP contribution in [0.2, 0.25) is 0 Å². The number of amides is 1. The van der Waals surface area contributed by atoms with Crippen molar-refractivity contribution in [2.24, 2.45) is 0 Å². The summed E-state index contributed by atoms with van der Waals surface area (Å²) in [5.74, 6) is 0.166. The number of aryl methyl sites for hydroxylation is 2. The zero-order valence-corrected chi connectivity index (χ0v) is 18.2. The van der Waals surface area contributed by atoms with Crippen molar-refractivity contribution in [1.29, 1.82) is 0 Å². The molecule has 0 unspecified atom stereocenters. The quantitative estimate of drug-likeness (QED) is 0.570. The summed E-state index contributed by atoms with van der Waals surface area (Å²) in [6.45, 7) is 7.64. The molecular weight excluding hydrogens is 396 g/mol. The number of hydrogen-bond donors (Lipinski definition) is 2. The molecule has 1 aromatic heterocycles. The Morgan fingerprint density at radius 3 is 2.50 bits per heavy atom. The summed E-state index contributed by atoms with van der Waals surface area (Å²) in [5, 5.41) is 15.6. The van der Waals surface area contributed by atoms with Crippen LogP contribution in [0.5, 0.6) is 0 Å². The largest absolute Gasteiger partial charge is 0.331 e. The van der Waals surface area contributed by atoms with Crippen LogP contribution in [-0.2, 0) is 11.3 Å². The summed E-state index contributed by atoms with van der Waals surface area (Å²) < 4.78 is 1.71. The molecule has 2 N–H and O–H groups in total. The van der Waals surface area contributed by atoms with Crippen LogP contribution < -0.4 is 10.2 Å². The van der Waals surface area contributed by atoms with E-state index in [-0.39, 0.29) is 11.7 Å². The third kappa shape index (κ3) is 4.88. The highest BCUT2D eigenvalue weighted by molar-refractivity contribution is 7.99. The third-order valence-corrected chi connectivity index (χ3v) is 6.35. The number of aromatic nitrogens is 4. The number of quaternary nitrogens is 1. The van der Waals surface area contributed by atoms with Gasteiger partial charge in [-0.25, -0.2) is 0 Å². The van der Waals surface area contributed by atoms with Crippen LogP contribution in [0, 0.1) is 13.8 Å². The number of anilines is 1. The lowest BCUT2D eigenvalue weighted by molar-refractivity contribution is -0.901. The van der Waals surface area contributed by atoms with Gasteiger partial charge in [0.25, 0.3) is 0 Å². The molecule has 7 nitrogen and oxygen atoms in total. The molecular formula is C22H27N6OS+. The molecule has 0 aliphatic carbocycles. The number of tetrazole rings is 1. The number of carbonyl (C=O) groups excluding carboxylic acids is 1. The first-order chi connectivity index (χ1) is 14.6. The number of likely N-dealkylation sites (tertiary alicyclic amines) is 1. The van der Waals surface area contributed by atoms with Crippen molar-refractivity contribution in [2.45, 2.75) is 38.4 Å². The Morgan fingerprint density at radius 1 is 1.10 bits per heavy atom. The first-order valence-corrected chi connectivity index (χ1v) is 11.3. The van der Waals surface area contributed by atoms with Crippen molar-refractivity contribution < 1.29 is 9.69 Å². The van der Waals surface area contributed by atoms with E-state index in [1.807, 2.05) is 44.2 Å². The minimum absolute atomic E-state index is 0.0750. The second-order valence-corrected chi connectivity index (χ2v) is 8.72. The maximum atomic E-state index is 12.4. The summed E-state index contributed by atoms with van der Waals surface area (Å²) in [6.07, 6.45) is 2.65. The SMILES string of the molecule is Cc1cccc(C)c1-n1nnnc1SCC(=O)Nc1ccc(C[NH+]2CCCC2)cc1. The van der Waals surface area contributed by atoms with Gasteiger partial charge >= 0.3 is 0 Å². The zero-order valence-electron chi connectivity index (χ0n) is 17.4. The summed E-state index contributed by atoms with van der Waals surface area (Å²) in [6, 6.07) is 14.2. The van der Waals surface area contributed by atoms with E-state index in [1.165, 1.54) is 43.3 Å². The van der Waals surface area contributed by atoms with E-state index in [2.05, 4.69) is 33.0 Å². The number of benzene rings is 2. The van der Waals surface area contributed by atoms with Crippen LogP contribution in [-0.4, -0.2) is 45.0 Å². The van der Waals surface area contributed by atoms with Gasteiger partial charge < -0.3 is 10.2 Å². The second kappa shape index (κ2) is 9.40. The van der Waals surface area contributed by atoms with Crippen molar-refractivity contribution in [3.63, 3.8) is 0 Å². The molecule has 8 heteroatoms. The lowest BCUT2D eigenvalue weighted by Crippen LogP contribution is -3.08. The van der Waals surface area contributed by atoms with Crippen molar-refractivity contribution in [2.75, 3.05) is 24.2 Å². The van der Waals surface area contributed by atoms with Gasteiger partial charge in [-0.3, -0.25) is 4.79 Å². The molecule has 0 atom stereocenters. The molecule has 1 aliphatic rings. The van der Waals surface area contributed by atoms with Crippen LogP contribution in [0.3, 0.4) is 0 Å². The number of nitrogens with zero attached hydrogens (tertiary/aromatic N) is 4. The van der Waals surface area contributed by atoms with Gasteiger partial charge in [0, 0.05) is 24.1 Å². The zero-order chi connectivity index (χ0) is 20.9. The number of thioether (sulfide) groups is 1. The van der Waals surface area contributed by atoms with Gasteiger partial charge in [-0.1, -0.05) is 42.1 Å². The number of rotatable bonds is 7. The van der Waals surface area contributed by atoms with Crippen molar-refractivity contribution in [3.8, 4) is 5.69 Å². The molecule has 3 aromatic rings. The Kier molecular flexibility index (Phi) is 6.44. The molecule has 2 heterocycles. The van der Waals surface area contributed by atoms with Gasteiger partial charge in [0.05, 0.1) is 24.5 Å². The second-order valence-electron chi connectivity index (χ2n) is 7.78. The van der Waals surface area contributed by atoms with Gasteiger partial charge in [0.1, 0.15) is 6.54 Å². The van der Waals surface area contributed by atoms with Crippen molar-refractivity contribution >= 4 is 23.4 Å². The maximum absolute atomic E-state index is 12.4. The highest BCUT2D eigenvalue weighted by Gasteiger charge is 2.16. The molecule has 30 heavy (non-hydrogen) atoms. The molecule has 0 saturated carbocycles. The van der Waals surface area contributed by atoms with Gasteiger partial charge in [-0.2, -0.15) is 4.68 Å². The summed E-state index contributed by atoms with van der Waals surface area (Å²) >= 11 is 1.33. The number of hydrogen-bond acceptors (Lipinski definition) is 5. The first-order valence-electron chi connectivity index (χ1n) is 10.3. The minimum Gasteiger partial charge on any atom is -0.331 e. The number of nitrogens with one attached hydrogen (secondary N) is 2. The Bertz CT molecular complexity index is 990. The smallest absolute Gasteiger partial charge is 0.234 e. The Morgan fingerprint density at radius 2 is 1.80 bits per heavy atom. The molecule has 1 fully saturated rings. The van der Waals surface area contributed by atoms with E-state index in [0.29, 0.717) is 5.16 Å². The molecule has 1 amide bonds. The monoisotopic (exact) mass is 423 g/mol.